The molecular weight excluding hydrogens is 220 g/mol. The Kier molecular flexibility index (Phi) is 2.92. The maximum absolute atomic E-state index is 10.2. The molecule has 0 fully saturated rings. The van der Waals surface area contributed by atoms with Crippen molar-refractivity contribution in [3.05, 3.63) is 20.2 Å². The summed E-state index contributed by atoms with van der Waals surface area (Å²) in [6.07, 6.45) is 0. The highest BCUT2D eigenvalue weighted by Crippen LogP contribution is 2.20. The molecule has 7 heteroatoms. The molecule has 0 aliphatic carbocycles. The minimum atomic E-state index is -1.58. The van der Waals surface area contributed by atoms with E-state index >= 15 is 0 Å². The van der Waals surface area contributed by atoms with E-state index in [4.69, 9.17) is 0 Å². The van der Waals surface area contributed by atoms with Crippen molar-refractivity contribution >= 4 is 15.9 Å². The van der Waals surface area contributed by atoms with Gasteiger partial charge in [0.2, 0.25) is 0 Å². The van der Waals surface area contributed by atoms with Gasteiger partial charge in [-0.05, 0) is 0 Å². The van der Waals surface area contributed by atoms with Gasteiger partial charge in [-0.2, -0.15) is 0 Å². The number of halogens is 1. The normalized spacial score (nSPS) is 14.1. The molecular formula is C4H7BrN2O4. The third-order valence-electron chi connectivity index (χ3n) is 1.24. The standard InChI is InChI=1S/C4H7BrN2O4/c1-4(2,7(10)11)3(5)6(8)9/h3H,1-2H3. The van der Waals surface area contributed by atoms with Gasteiger partial charge in [0, 0.05) is 39.6 Å². The van der Waals surface area contributed by atoms with Crippen LogP contribution in [0.5, 0.6) is 0 Å². The highest BCUT2D eigenvalue weighted by Gasteiger charge is 2.47. The summed E-state index contributed by atoms with van der Waals surface area (Å²) < 4.78 is 0. The van der Waals surface area contributed by atoms with Crippen molar-refractivity contribution in [2.75, 3.05) is 0 Å². The van der Waals surface area contributed by atoms with Crippen LogP contribution in [0.25, 0.3) is 0 Å². The van der Waals surface area contributed by atoms with E-state index in [1.807, 2.05) is 0 Å². The molecule has 11 heavy (non-hydrogen) atoms. The topological polar surface area (TPSA) is 86.3 Å². The first-order valence-electron chi connectivity index (χ1n) is 2.72. The van der Waals surface area contributed by atoms with Crippen LogP contribution in [-0.2, 0) is 0 Å². The highest BCUT2D eigenvalue weighted by molar-refractivity contribution is 9.09. The van der Waals surface area contributed by atoms with Crippen LogP contribution < -0.4 is 0 Å². The summed E-state index contributed by atoms with van der Waals surface area (Å²) in [6, 6.07) is 0. The van der Waals surface area contributed by atoms with Crippen molar-refractivity contribution in [1.82, 2.24) is 0 Å². The molecule has 0 aromatic heterocycles. The molecule has 0 amide bonds. The molecule has 0 bridgehead atoms. The summed E-state index contributed by atoms with van der Waals surface area (Å²) in [6.45, 7) is 2.38. The number of alkyl halides is 1. The van der Waals surface area contributed by atoms with Gasteiger partial charge in [-0.25, -0.2) is 0 Å². The van der Waals surface area contributed by atoms with Gasteiger partial charge in [-0.15, -0.1) is 0 Å². The van der Waals surface area contributed by atoms with E-state index in [1.54, 1.807) is 0 Å². The van der Waals surface area contributed by atoms with Gasteiger partial charge in [0.25, 0.3) is 5.54 Å². The molecule has 0 aromatic rings. The van der Waals surface area contributed by atoms with Crippen LogP contribution in [0.3, 0.4) is 0 Å². The van der Waals surface area contributed by atoms with E-state index in [0.717, 1.165) is 0 Å². The first-order chi connectivity index (χ1) is 4.80. The Morgan fingerprint density at radius 1 is 1.36 bits per heavy atom. The molecule has 0 N–H and O–H groups in total. The predicted octanol–water partition coefficient (Wildman–Crippen LogP) is 1.04. The average molecular weight is 227 g/mol. The minimum absolute atomic E-state index is 0.685. The molecule has 0 aliphatic rings. The molecule has 0 aromatic carbocycles. The molecule has 1 unspecified atom stereocenters. The fourth-order valence-electron chi connectivity index (χ4n) is 0.345. The molecule has 6 nitrogen and oxygen atoms in total. The Labute approximate surface area is 71.0 Å². The van der Waals surface area contributed by atoms with E-state index in [-0.39, 0.29) is 0 Å². The van der Waals surface area contributed by atoms with E-state index in [0.29, 0.717) is 0 Å². The Balaban J connectivity index is 4.55. The van der Waals surface area contributed by atoms with Crippen molar-refractivity contribution in [2.24, 2.45) is 0 Å². The van der Waals surface area contributed by atoms with Crippen molar-refractivity contribution in [3.63, 3.8) is 0 Å². The van der Waals surface area contributed by atoms with E-state index in [9.17, 15) is 20.2 Å². The SMILES string of the molecule is CC(C)(C(Br)[N+](=O)[O-])[N+](=O)[O-]. The summed E-state index contributed by atoms with van der Waals surface area (Å²) in [5.74, 6) is 0. The fraction of sp³-hybridized carbons (Fsp3) is 1.00. The first-order valence-corrected chi connectivity index (χ1v) is 3.63. The lowest BCUT2D eigenvalue weighted by molar-refractivity contribution is -0.627. The lowest BCUT2D eigenvalue weighted by Gasteiger charge is -2.14. The van der Waals surface area contributed by atoms with Crippen molar-refractivity contribution in [3.8, 4) is 0 Å². The Bertz CT molecular complexity index is 193. The minimum Gasteiger partial charge on any atom is -0.264 e. The molecule has 64 valence electrons. The van der Waals surface area contributed by atoms with Gasteiger partial charge < -0.3 is 0 Å². The summed E-state index contributed by atoms with van der Waals surface area (Å²) in [5.41, 5.74) is -1.58. The lowest BCUT2D eigenvalue weighted by Crippen LogP contribution is -2.44. The molecule has 0 saturated heterocycles. The highest BCUT2D eigenvalue weighted by atomic mass is 79.9. The fourth-order valence-corrected chi connectivity index (χ4v) is 0.512. The lowest BCUT2D eigenvalue weighted by atomic mass is 10.1. The zero-order valence-electron chi connectivity index (χ0n) is 5.98. The second kappa shape index (κ2) is 3.12. The number of nitro groups is 2. The van der Waals surface area contributed by atoms with Crippen molar-refractivity contribution in [2.45, 2.75) is 24.3 Å². The molecule has 1 atom stereocenters. The van der Waals surface area contributed by atoms with Gasteiger partial charge in [0.05, 0.1) is 0 Å². The van der Waals surface area contributed by atoms with Crippen molar-refractivity contribution < 1.29 is 9.85 Å². The quantitative estimate of drug-likeness (QED) is 0.312. The Hall–Kier alpha value is -0.720. The van der Waals surface area contributed by atoms with Crippen LogP contribution in [0.4, 0.5) is 0 Å². The van der Waals surface area contributed by atoms with E-state index in [2.05, 4.69) is 15.9 Å². The average Bonchev–Trinajstić information content (AvgIpc) is 1.85. The van der Waals surface area contributed by atoms with Crippen LogP contribution in [0.1, 0.15) is 13.8 Å². The molecule has 0 aliphatic heterocycles. The van der Waals surface area contributed by atoms with Crippen LogP contribution in [0, 0.1) is 20.2 Å². The molecule has 0 radical (unpaired) electrons. The summed E-state index contributed by atoms with van der Waals surface area (Å²) in [7, 11) is 0. The number of nitrogens with zero attached hydrogens (tertiary/aromatic N) is 2. The third-order valence-corrected chi connectivity index (χ3v) is 2.69. The molecule has 0 saturated carbocycles. The summed E-state index contributed by atoms with van der Waals surface area (Å²) in [4.78, 5) is 17.6. The second-order valence-corrected chi connectivity index (χ2v) is 3.40. The van der Waals surface area contributed by atoms with Crippen LogP contribution in [-0.4, -0.2) is 20.3 Å². The van der Waals surface area contributed by atoms with Gasteiger partial charge in [-0.1, -0.05) is 0 Å². The third kappa shape index (κ3) is 2.11. The van der Waals surface area contributed by atoms with Crippen LogP contribution in [0.2, 0.25) is 0 Å². The molecule has 0 spiro atoms. The van der Waals surface area contributed by atoms with Crippen LogP contribution >= 0.6 is 15.9 Å². The number of hydrogen-bond acceptors (Lipinski definition) is 4. The van der Waals surface area contributed by atoms with Crippen LogP contribution in [0.15, 0.2) is 0 Å². The first kappa shape index (κ1) is 10.3. The molecule has 0 rings (SSSR count). The zero-order valence-corrected chi connectivity index (χ0v) is 7.57. The summed E-state index contributed by atoms with van der Waals surface area (Å²) in [5, 5.41) is 20.3. The predicted molar refractivity (Wildman–Crippen MR) is 40.8 cm³/mol. The maximum atomic E-state index is 10.2. The van der Waals surface area contributed by atoms with Gasteiger partial charge in [-0.3, -0.25) is 20.2 Å². The number of rotatable bonds is 3. The maximum Gasteiger partial charge on any atom is 0.333 e. The van der Waals surface area contributed by atoms with E-state index < -0.39 is 20.3 Å². The summed E-state index contributed by atoms with van der Waals surface area (Å²) >= 11 is 2.62. The Morgan fingerprint density at radius 2 is 1.73 bits per heavy atom. The Morgan fingerprint density at radius 3 is 1.82 bits per heavy atom. The molecule has 0 heterocycles. The van der Waals surface area contributed by atoms with Gasteiger partial charge in [0.1, 0.15) is 0 Å². The smallest absolute Gasteiger partial charge is 0.264 e. The van der Waals surface area contributed by atoms with Gasteiger partial charge in [0.15, 0.2) is 0 Å². The van der Waals surface area contributed by atoms with Gasteiger partial charge >= 0.3 is 4.95 Å². The zero-order chi connectivity index (χ0) is 9.23. The number of hydrogen-bond donors (Lipinski definition) is 0. The second-order valence-electron chi connectivity index (χ2n) is 2.53. The monoisotopic (exact) mass is 226 g/mol. The largest absolute Gasteiger partial charge is 0.333 e. The van der Waals surface area contributed by atoms with Crippen molar-refractivity contribution in [1.29, 1.82) is 0 Å². The van der Waals surface area contributed by atoms with E-state index in [1.165, 1.54) is 13.8 Å².